The normalized spacial score (nSPS) is 23.3. The van der Waals surface area contributed by atoms with E-state index in [1.807, 2.05) is 18.3 Å². The number of nitrogens with zero attached hydrogens (tertiary/aromatic N) is 1. The zero-order valence-electron chi connectivity index (χ0n) is 20.3. The van der Waals surface area contributed by atoms with E-state index in [0.29, 0.717) is 11.5 Å². The SMILES string of the molecule is CCO[C@@]1(C2CC2)CCN(Cc2c(OC)cc(C)c3[nH]ccc23)[C@H](c2ccc(C(=O)O)cc2)C1. The number of aromatic nitrogens is 1. The Morgan fingerprint density at radius 2 is 2.00 bits per heavy atom. The summed E-state index contributed by atoms with van der Waals surface area (Å²) in [4.78, 5) is 17.3. The lowest BCUT2D eigenvalue weighted by Crippen LogP contribution is -2.49. The van der Waals surface area contributed by atoms with Gasteiger partial charge in [-0.3, -0.25) is 4.90 Å². The highest BCUT2D eigenvalue weighted by molar-refractivity contribution is 5.88. The summed E-state index contributed by atoms with van der Waals surface area (Å²) in [7, 11) is 1.74. The summed E-state index contributed by atoms with van der Waals surface area (Å²) in [6.07, 6.45) is 6.40. The van der Waals surface area contributed by atoms with Crippen molar-refractivity contribution in [3.63, 3.8) is 0 Å². The summed E-state index contributed by atoms with van der Waals surface area (Å²) in [5.41, 5.74) is 4.87. The van der Waals surface area contributed by atoms with Crippen molar-refractivity contribution in [2.75, 3.05) is 20.3 Å². The van der Waals surface area contributed by atoms with Crippen LogP contribution in [0, 0.1) is 12.8 Å². The molecule has 2 aromatic carbocycles. The number of aryl methyl sites for hydroxylation is 1. The molecule has 1 aromatic heterocycles. The van der Waals surface area contributed by atoms with Crippen LogP contribution in [0.1, 0.15) is 65.7 Å². The molecule has 1 saturated heterocycles. The number of carbonyl (C=O) groups is 1. The van der Waals surface area contributed by atoms with E-state index in [4.69, 9.17) is 9.47 Å². The van der Waals surface area contributed by atoms with Crippen LogP contribution in [0.3, 0.4) is 0 Å². The zero-order chi connectivity index (χ0) is 23.9. The van der Waals surface area contributed by atoms with Crippen molar-refractivity contribution in [2.45, 2.75) is 57.7 Å². The van der Waals surface area contributed by atoms with Gasteiger partial charge in [0.2, 0.25) is 0 Å². The summed E-state index contributed by atoms with van der Waals surface area (Å²) >= 11 is 0. The second kappa shape index (κ2) is 9.08. The molecule has 1 aliphatic carbocycles. The molecule has 1 aliphatic heterocycles. The third kappa shape index (κ3) is 4.10. The first kappa shape index (κ1) is 22.9. The van der Waals surface area contributed by atoms with Gasteiger partial charge in [-0.25, -0.2) is 4.79 Å². The topological polar surface area (TPSA) is 74.8 Å². The van der Waals surface area contributed by atoms with Gasteiger partial charge >= 0.3 is 5.97 Å². The van der Waals surface area contributed by atoms with Crippen molar-refractivity contribution in [2.24, 2.45) is 5.92 Å². The molecule has 6 heteroatoms. The standard InChI is InChI=1S/C28H34N2O4/c1-4-34-28(21-9-10-21)12-14-30(24(16-28)19-5-7-20(8-6-19)27(31)32)17-23-22-11-13-29-26(22)18(2)15-25(23)33-3/h5-8,11,13,15,21,24,29H,4,9-10,12,14,16-17H2,1-3H3,(H,31,32)/t24-,28-/m0/s1. The van der Waals surface area contributed by atoms with E-state index in [2.05, 4.69) is 35.9 Å². The number of ether oxygens (including phenoxy) is 2. The maximum Gasteiger partial charge on any atom is 0.335 e. The summed E-state index contributed by atoms with van der Waals surface area (Å²) in [6, 6.07) is 11.8. The molecule has 0 amide bonds. The van der Waals surface area contributed by atoms with E-state index >= 15 is 0 Å². The summed E-state index contributed by atoms with van der Waals surface area (Å²) in [5, 5.41) is 10.6. The third-order valence-electron chi connectivity index (χ3n) is 7.79. The Labute approximate surface area is 200 Å². The molecule has 2 heterocycles. The molecule has 180 valence electrons. The second-order valence-electron chi connectivity index (χ2n) is 9.78. The minimum Gasteiger partial charge on any atom is -0.496 e. The Balaban J connectivity index is 1.53. The molecule has 0 bridgehead atoms. The summed E-state index contributed by atoms with van der Waals surface area (Å²) < 4.78 is 12.3. The quantitative estimate of drug-likeness (QED) is 0.449. The van der Waals surface area contributed by atoms with Gasteiger partial charge in [0.25, 0.3) is 0 Å². The lowest BCUT2D eigenvalue weighted by atomic mass is 9.79. The van der Waals surface area contributed by atoms with Gasteiger partial charge in [0.15, 0.2) is 0 Å². The first-order valence-electron chi connectivity index (χ1n) is 12.3. The molecule has 0 unspecified atom stereocenters. The van der Waals surface area contributed by atoms with Crippen LogP contribution in [0.5, 0.6) is 5.75 Å². The minimum atomic E-state index is -0.895. The van der Waals surface area contributed by atoms with Crippen LogP contribution >= 0.6 is 0 Å². The average Bonchev–Trinajstić information content (AvgIpc) is 3.59. The first-order valence-corrected chi connectivity index (χ1v) is 12.3. The highest BCUT2D eigenvalue weighted by Crippen LogP contribution is 2.52. The second-order valence-corrected chi connectivity index (χ2v) is 9.78. The molecule has 34 heavy (non-hydrogen) atoms. The van der Waals surface area contributed by atoms with E-state index in [9.17, 15) is 9.90 Å². The highest BCUT2D eigenvalue weighted by atomic mass is 16.5. The number of fused-ring (bicyclic) bond motifs is 1. The number of likely N-dealkylation sites (tertiary alicyclic amines) is 1. The van der Waals surface area contributed by atoms with Crippen molar-refractivity contribution < 1.29 is 19.4 Å². The van der Waals surface area contributed by atoms with Crippen molar-refractivity contribution in [3.05, 3.63) is 64.8 Å². The van der Waals surface area contributed by atoms with Gasteiger partial charge in [-0.15, -0.1) is 0 Å². The Morgan fingerprint density at radius 3 is 2.65 bits per heavy atom. The third-order valence-corrected chi connectivity index (χ3v) is 7.79. The molecule has 2 atom stereocenters. The number of rotatable bonds is 8. The number of methoxy groups -OCH3 is 1. The molecule has 2 N–H and O–H groups in total. The van der Waals surface area contributed by atoms with Crippen LogP contribution in [0.15, 0.2) is 42.6 Å². The molecule has 0 radical (unpaired) electrons. The van der Waals surface area contributed by atoms with Gasteiger partial charge in [0, 0.05) is 48.4 Å². The highest BCUT2D eigenvalue weighted by Gasteiger charge is 2.50. The maximum atomic E-state index is 11.4. The molecule has 2 fully saturated rings. The van der Waals surface area contributed by atoms with Gasteiger partial charge in [-0.1, -0.05) is 12.1 Å². The predicted octanol–water partition coefficient (Wildman–Crippen LogP) is 5.71. The number of aromatic amines is 1. The number of carboxylic acid groups (broad SMARTS) is 1. The number of hydrogen-bond donors (Lipinski definition) is 2. The van der Waals surface area contributed by atoms with Crippen molar-refractivity contribution >= 4 is 16.9 Å². The van der Waals surface area contributed by atoms with Crippen molar-refractivity contribution in [1.29, 1.82) is 0 Å². The molecular weight excluding hydrogens is 428 g/mol. The number of H-pyrrole nitrogens is 1. The number of benzene rings is 2. The molecule has 1 saturated carbocycles. The van der Waals surface area contributed by atoms with Crippen LogP contribution in [0.2, 0.25) is 0 Å². The number of carboxylic acids is 1. The van der Waals surface area contributed by atoms with Gasteiger partial charge in [-0.2, -0.15) is 0 Å². The van der Waals surface area contributed by atoms with Crippen molar-refractivity contribution in [1.82, 2.24) is 9.88 Å². The van der Waals surface area contributed by atoms with Gasteiger partial charge < -0.3 is 19.6 Å². The maximum absolute atomic E-state index is 11.4. The van der Waals surface area contributed by atoms with Crippen LogP contribution in [-0.4, -0.2) is 46.8 Å². The van der Waals surface area contributed by atoms with E-state index in [1.54, 1.807) is 19.2 Å². The lowest BCUT2D eigenvalue weighted by molar-refractivity contribution is -0.113. The largest absolute Gasteiger partial charge is 0.496 e. The number of piperidine rings is 1. The Morgan fingerprint density at radius 1 is 1.24 bits per heavy atom. The summed E-state index contributed by atoms with van der Waals surface area (Å²) in [6.45, 7) is 6.59. The van der Waals surface area contributed by atoms with Gasteiger partial charge in [0.05, 0.1) is 18.3 Å². The van der Waals surface area contributed by atoms with Gasteiger partial charge in [0.1, 0.15) is 5.75 Å². The number of aromatic carboxylic acids is 1. The monoisotopic (exact) mass is 462 g/mol. The van der Waals surface area contributed by atoms with Crippen LogP contribution in [-0.2, 0) is 11.3 Å². The van der Waals surface area contributed by atoms with E-state index in [0.717, 1.165) is 49.4 Å². The van der Waals surface area contributed by atoms with E-state index in [1.165, 1.54) is 29.4 Å². The smallest absolute Gasteiger partial charge is 0.335 e. The van der Waals surface area contributed by atoms with Crippen LogP contribution in [0.4, 0.5) is 0 Å². The van der Waals surface area contributed by atoms with E-state index in [-0.39, 0.29) is 11.6 Å². The average molecular weight is 463 g/mol. The number of nitrogens with one attached hydrogen (secondary N) is 1. The molecule has 2 aliphatic rings. The fraction of sp³-hybridized carbons (Fsp3) is 0.464. The Hall–Kier alpha value is -2.83. The summed E-state index contributed by atoms with van der Waals surface area (Å²) in [5.74, 6) is 0.641. The molecule has 3 aromatic rings. The number of hydrogen-bond acceptors (Lipinski definition) is 4. The van der Waals surface area contributed by atoms with Gasteiger partial charge in [-0.05, 0) is 80.8 Å². The molecule has 6 nitrogen and oxygen atoms in total. The van der Waals surface area contributed by atoms with Crippen LogP contribution < -0.4 is 4.74 Å². The lowest BCUT2D eigenvalue weighted by Gasteiger charge is -2.47. The Kier molecular flexibility index (Phi) is 6.13. The fourth-order valence-corrected chi connectivity index (χ4v) is 5.91. The fourth-order valence-electron chi connectivity index (χ4n) is 5.91. The van der Waals surface area contributed by atoms with E-state index < -0.39 is 5.97 Å². The molecule has 0 spiro atoms. The predicted molar refractivity (Wildman–Crippen MR) is 132 cm³/mol. The molecular formula is C28H34N2O4. The molecule has 5 rings (SSSR count). The minimum absolute atomic E-state index is 0.0951. The zero-order valence-corrected chi connectivity index (χ0v) is 20.3. The Bertz CT molecular complexity index is 1180. The first-order chi connectivity index (χ1) is 16.5. The van der Waals surface area contributed by atoms with Crippen LogP contribution in [0.25, 0.3) is 10.9 Å². The van der Waals surface area contributed by atoms with Crippen molar-refractivity contribution in [3.8, 4) is 5.75 Å².